The average molecular weight is 328 g/mol. The molecule has 0 fully saturated rings. The van der Waals surface area contributed by atoms with Crippen LogP contribution >= 0.6 is 0 Å². The summed E-state index contributed by atoms with van der Waals surface area (Å²) in [6.07, 6.45) is 0.587. The highest BCUT2D eigenvalue weighted by Gasteiger charge is 2.18. The molecule has 24 heavy (non-hydrogen) atoms. The summed E-state index contributed by atoms with van der Waals surface area (Å²) in [5.41, 5.74) is 7.87. The van der Waals surface area contributed by atoms with Crippen molar-refractivity contribution >= 4 is 17.6 Å². The molecule has 0 bridgehead atoms. The maximum Gasteiger partial charge on any atom is 0.326 e. The summed E-state index contributed by atoms with van der Waals surface area (Å²) in [6, 6.07) is 14.6. The number of nitrogens with two attached hydrogens (primary N) is 1. The Bertz CT molecular complexity index is 686. The Morgan fingerprint density at radius 1 is 0.875 bits per heavy atom. The summed E-state index contributed by atoms with van der Waals surface area (Å²) in [5, 5.41) is 21.2. The minimum atomic E-state index is -1.05. The van der Waals surface area contributed by atoms with E-state index in [1.165, 1.54) is 0 Å². The summed E-state index contributed by atoms with van der Waals surface area (Å²) >= 11 is 0. The van der Waals surface area contributed by atoms with Crippen molar-refractivity contribution < 1.29 is 19.8 Å². The molecule has 0 saturated carbocycles. The summed E-state index contributed by atoms with van der Waals surface area (Å²) < 4.78 is 0. The number of carbonyl (C=O) groups is 2. The van der Waals surface area contributed by atoms with Crippen LogP contribution < -0.4 is 11.1 Å². The van der Waals surface area contributed by atoms with Gasteiger partial charge in [0.25, 0.3) is 0 Å². The van der Waals surface area contributed by atoms with E-state index in [4.69, 9.17) is 10.8 Å². The number of benzene rings is 2. The van der Waals surface area contributed by atoms with Gasteiger partial charge in [-0.1, -0.05) is 42.5 Å². The molecule has 6 heteroatoms. The smallest absolute Gasteiger partial charge is 0.326 e. The average Bonchev–Trinajstić information content (AvgIpc) is 2.56. The molecule has 0 aliphatic carbocycles. The minimum Gasteiger partial charge on any atom is -0.480 e. The maximum absolute atomic E-state index is 11.5. The van der Waals surface area contributed by atoms with Gasteiger partial charge in [-0.3, -0.25) is 4.79 Å². The molecule has 0 heterocycles. The van der Waals surface area contributed by atoms with Crippen LogP contribution in [0.15, 0.2) is 54.6 Å². The topological polar surface area (TPSA) is 113 Å². The molecule has 2 atom stereocenters. The van der Waals surface area contributed by atoms with Gasteiger partial charge in [-0.25, -0.2) is 4.79 Å². The van der Waals surface area contributed by atoms with Gasteiger partial charge < -0.3 is 21.3 Å². The van der Waals surface area contributed by atoms with E-state index in [2.05, 4.69) is 5.32 Å². The first-order chi connectivity index (χ1) is 11.5. The summed E-state index contributed by atoms with van der Waals surface area (Å²) in [4.78, 5) is 22.2. The van der Waals surface area contributed by atoms with Gasteiger partial charge >= 0.3 is 11.9 Å². The van der Waals surface area contributed by atoms with E-state index < -0.39 is 24.0 Å². The molecule has 0 aliphatic heterocycles. The van der Waals surface area contributed by atoms with E-state index in [1.807, 2.05) is 30.3 Å². The molecule has 2 aromatic carbocycles. The molecule has 2 aromatic rings. The lowest BCUT2D eigenvalue weighted by Gasteiger charge is -2.16. The Hall–Kier alpha value is -2.86. The lowest BCUT2D eigenvalue weighted by Crippen LogP contribution is -2.32. The van der Waals surface area contributed by atoms with Crippen molar-refractivity contribution in [2.45, 2.75) is 24.9 Å². The first-order valence-corrected chi connectivity index (χ1v) is 7.56. The lowest BCUT2D eigenvalue weighted by atomic mass is 10.0. The molecule has 0 spiro atoms. The third-order valence-electron chi connectivity index (χ3n) is 3.65. The normalized spacial score (nSPS) is 13.0. The molecule has 0 saturated heterocycles. The van der Waals surface area contributed by atoms with Crippen LogP contribution in [0, 0.1) is 0 Å². The van der Waals surface area contributed by atoms with Crippen LogP contribution in [0.5, 0.6) is 0 Å². The lowest BCUT2D eigenvalue weighted by molar-refractivity contribution is -0.139. The van der Waals surface area contributed by atoms with Gasteiger partial charge in [0.1, 0.15) is 12.1 Å². The molecular weight excluding hydrogens is 308 g/mol. The van der Waals surface area contributed by atoms with Crippen molar-refractivity contribution in [3.05, 3.63) is 65.7 Å². The molecule has 126 valence electrons. The number of anilines is 1. The largest absolute Gasteiger partial charge is 0.480 e. The molecular formula is C18H20N2O4. The highest BCUT2D eigenvalue weighted by molar-refractivity contribution is 5.78. The van der Waals surface area contributed by atoms with Crippen LogP contribution in [-0.4, -0.2) is 34.2 Å². The molecule has 0 radical (unpaired) electrons. The van der Waals surface area contributed by atoms with E-state index in [9.17, 15) is 14.7 Å². The number of rotatable bonds is 8. The maximum atomic E-state index is 11.5. The van der Waals surface area contributed by atoms with Crippen molar-refractivity contribution in [3.63, 3.8) is 0 Å². The van der Waals surface area contributed by atoms with Crippen LogP contribution in [0.2, 0.25) is 0 Å². The molecule has 0 aliphatic rings. The van der Waals surface area contributed by atoms with Gasteiger partial charge in [-0.2, -0.15) is 0 Å². The summed E-state index contributed by atoms with van der Waals surface area (Å²) in [5.74, 6) is -1.98. The Balaban J connectivity index is 2.02. The molecule has 0 aromatic heterocycles. The van der Waals surface area contributed by atoms with Gasteiger partial charge in [0.15, 0.2) is 0 Å². The van der Waals surface area contributed by atoms with E-state index in [-0.39, 0.29) is 6.42 Å². The van der Waals surface area contributed by atoms with E-state index in [0.717, 1.165) is 11.1 Å². The first kappa shape index (κ1) is 17.5. The van der Waals surface area contributed by atoms with Crippen molar-refractivity contribution in [3.8, 4) is 0 Å². The predicted octanol–water partition coefficient (Wildman–Crippen LogP) is 1.75. The fourth-order valence-corrected chi connectivity index (χ4v) is 2.33. The van der Waals surface area contributed by atoms with Crippen molar-refractivity contribution in [2.75, 3.05) is 5.32 Å². The fourth-order valence-electron chi connectivity index (χ4n) is 2.33. The molecule has 5 N–H and O–H groups in total. The first-order valence-electron chi connectivity index (χ1n) is 7.56. The predicted molar refractivity (Wildman–Crippen MR) is 90.9 cm³/mol. The van der Waals surface area contributed by atoms with Gasteiger partial charge in [-0.15, -0.1) is 0 Å². The Morgan fingerprint density at radius 2 is 1.46 bits per heavy atom. The monoisotopic (exact) mass is 328 g/mol. The van der Waals surface area contributed by atoms with Crippen LogP contribution in [0.3, 0.4) is 0 Å². The van der Waals surface area contributed by atoms with E-state index >= 15 is 0 Å². The summed E-state index contributed by atoms with van der Waals surface area (Å²) in [7, 11) is 0. The number of nitrogens with one attached hydrogen (secondary N) is 1. The Labute approximate surface area is 139 Å². The standard InChI is InChI=1S/C18H20N2O4/c19-15(17(21)22)10-13-6-8-14(9-7-13)20-16(18(23)24)11-12-4-2-1-3-5-12/h1-9,15-16,20H,10-11,19H2,(H,21,22)(H,23,24)/t15-,16-/m0/s1. The number of hydrogen-bond donors (Lipinski definition) is 4. The molecule has 6 nitrogen and oxygen atoms in total. The van der Waals surface area contributed by atoms with Crippen LogP contribution in [0.4, 0.5) is 5.69 Å². The Kier molecular flexibility index (Phi) is 5.92. The zero-order valence-electron chi connectivity index (χ0n) is 13.1. The van der Waals surface area contributed by atoms with Gasteiger partial charge in [-0.05, 0) is 29.7 Å². The highest BCUT2D eigenvalue weighted by atomic mass is 16.4. The van der Waals surface area contributed by atoms with Gasteiger partial charge in [0, 0.05) is 12.1 Å². The highest BCUT2D eigenvalue weighted by Crippen LogP contribution is 2.14. The second-order valence-electron chi connectivity index (χ2n) is 5.57. The third kappa shape index (κ3) is 5.10. The zero-order valence-corrected chi connectivity index (χ0v) is 13.1. The van der Waals surface area contributed by atoms with Gasteiger partial charge in [0.05, 0.1) is 0 Å². The van der Waals surface area contributed by atoms with Crippen molar-refractivity contribution in [1.82, 2.24) is 0 Å². The quantitative estimate of drug-likeness (QED) is 0.587. The van der Waals surface area contributed by atoms with Crippen LogP contribution in [0.25, 0.3) is 0 Å². The molecule has 0 unspecified atom stereocenters. The van der Waals surface area contributed by atoms with Crippen LogP contribution in [-0.2, 0) is 22.4 Å². The molecule has 2 rings (SSSR count). The Morgan fingerprint density at radius 3 is 2.00 bits per heavy atom. The number of carboxylic acid groups (broad SMARTS) is 2. The molecule has 0 amide bonds. The number of aliphatic carboxylic acids is 2. The summed E-state index contributed by atoms with van der Waals surface area (Å²) in [6.45, 7) is 0. The zero-order chi connectivity index (χ0) is 17.5. The SMILES string of the molecule is N[C@@H](Cc1ccc(N[C@@H](Cc2ccccc2)C(=O)O)cc1)C(=O)O. The van der Waals surface area contributed by atoms with Crippen molar-refractivity contribution in [2.24, 2.45) is 5.73 Å². The minimum absolute atomic E-state index is 0.224. The van der Waals surface area contributed by atoms with Crippen LogP contribution in [0.1, 0.15) is 11.1 Å². The van der Waals surface area contributed by atoms with E-state index in [1.54, 1.807) is 24.3 Å². The number of hydrogen-bond acceptors (Lipinski definition) is 4. The fraction of sp³-hybridized carbons (Fsp3) is 0.222. The number of carboxylic acids is 2. The van der Waals surface area contributed by atoms with E-state index in [0.29, 0.717) is 12.1 Å². The third-order valence-corrected chi connectivity index (χ3v) is 3.65. The second-order valence-corrected chi connectivity index (χ2v) is 5.57. The van der Waals surface area contributed by atoms with Crippen molar-refractivity contribution in [1.29, 1.82) is 0 Å². The van der Waals surface area contributed by atoms with Gasteiger partial charge in [0.2, 0.25) is 0 Å². The second kappa shape index (κ2) is 8.12.